The Balaban J connectivity index is 4.70. The molecule has 0 N–H and O–H groups in total. The van der Waals surface area contributed by atoms with Crippen molar-refractivity contribution in [2.45, 2.75) is 142 Å². The number of carbonyl (C=O) groups excluding carboxylic acids is 3. The summed E-state index contributed by atoms with van der Waals surface area (Å²) in [7, 11) is 0. The molecule has 0 aliphatic heterocycles. The first kappa shape index (κ1) is 48.8. The number of ether oxygens (including phenoxy) is 3. The molecule has 0 spiro atoms. The van der Waals surface area contributed by atoms with E-state index in [1.54, 1.807) is 6.08 Å². The normalized spacial score (nSPS) is 13.3. The van der Waals surface area contributed by atoms with E-state index in [0.717, 1.165) is 44.9 Å². The first-order chi connectivity index (χ1) is 26.0. The molecule has 1 unspecified atom stereocenters. The van der Waals surface area contributed by atoms with Crippen LogP contribution in [0.5, 0.6) is 0 Å². The van der Waals surface area contributed by atoms with Crippen molar-refractivity contribution in [2.75, 3.05) is 13.2 Å². The molecule has 0 aliphatic carbocycles. The predicted octanol–water partition coefficient (Wildman–Crippen LogP) is 12.6. The second-order valence-corrected chi connectivity index (χ2v) is 12.6. The number of carbonyl (C=O) groups is 3. The van der Waals surface area contributed by atoms with Gasteiger partial charge in [-0.05, 0) is 64.2 Å². The maximum Gasteiger partial charge on any atom is 0.309 e. The van der Waals surface area contributed by atoms with Crippen molar-refractivity contribution in [1.29, 1.82) is 0 Å². The van der Waals surface area contributed by atoms with Crippen LogP contribution in [0.3, 0.4) is 0 Å². The van der Waals surface area contributed by atoms with Gasteiger partial charge in [0.1, 0.15) is 13.2 Å². The molecule has 0 fully saturated rings. The number of hydrogen-bond donors (Lipinski definition) is 0. The van der Waals surface area contributed by atoms with E-state index in [1.807, 2.05) is 79.0 Å². The van der Waals surface area contributed by atoms with E-state index in [2.05, 4.69) is 57.2 Å². The van der Waals surface area contributed by atoms with E-state index >= 15 is 0 Å². The molecule has 0 aliphatic rings. The average molecular weight is 731 g/mol. The molecule has 0 saturated heterocycles. The molecule has 0 radical (unpaired) electrons. The Labute approximate surface area is 322 Å². The highest BCUT2D eigenvalue weighted by atomic mass is 16.6. The van der Waals surface area contributed by atoms with Crippen LogP contribution in [0.4, 0.5) is 0 Å². The highest BCUT2D eigenvalue weighted by Crippen LogP contribution is 2.08. The SMILES string of the molecule is CC\C=C/C=C\C=C/C=C\C=C/CCCC(=O)OCC(COC(=O)C/C=C\C/C=C\C/C=C\CC)OC(=O)CC/C=C\C/C=C\CCCCCCCC. The standard InChI is InChI=1S/C47H70O6/c1-4-7-10-13-16-19-21-23-25-28-31-34-37-40-46(49)52-43-44(42-51-45(48)39-36-33-30-27-18-15-12-9-6-3)53-47(50)41-38-35-32-29-26-24-22-20-17-14-11-8-5-2/h7,9-10,12-13,16,18-19,21,23-28,31-33,35-36,44H,4-6,8,11,14-15,17,20,22,29-30,34,37-43H2,1-3H3/b10-7-,12-9-,16-13-,21-19-,25-23-,26-24-,27-18-,31-28-,35-32-,36-33-. The number of esters is 3. The van der Waals surface area contributed by atoms with Crippen molar-refractivity contribution >= 4 is 17.9 Å². The molecule has 0 bridgehead atoms. The van der Waals surface area contributed by atoms with Gasteiger partial charge in [0, 0.05) is 12.8 Å². The summed E-state index contributed by atoms with van der Waals surface area (Å²) < 4.78 is 16.4. The maximum atomic E-state index is 12.6. The van der Waals surface area contributed by atoms with E-state index in [0.29, 0.717) is 12.8 Å². The summed E-state index contributed by atoms with van der Waals surface area (Å²) in [6, 6.07) is 0. The molecule has 1 atom stereocenters. The van der Waals surface area contributed by atoms with Crippen molar-refractivity contribution in [3.05, 3.63) is 122 Å². The molecule has 0 aromatic rings. The predicted molar refractivity (Wildman–Crippen MR) is 223 cm³/mol. The summed E-state index contributed by atoms with van der Waals surface area (Å²) in [5.74, 6) is -1.25. The van der Waals surface area contributed by atoms with Crippen LogP contribution in [0, 0.1) is 0 Å². The Morgan fingerprint density at radius 2 is 0.943 bits per heavy atom. The Kier molecular flexibility index (Phi) is 37.4. The van der Waals surface area contributed by atoms with Gasteiger partial charge in [-0.2, -0.15) is 0 Å². The Hall–Kier alpha value is -4.19. The van der Waals surface area contributed by atoms with Crippen LogP contribution in [-0.2, 0) is 28.6 Å². The fourth-order valence-corrected chi connectivity index (χ4v) is 4.64. The lowest BCUT2D eigenvalue weighted by Gasteiger charge is -2.18. The molecule has 0 saturated carbocycles. The molecule has 0 aromatic heterocycles. The fraction of sp³-hybridized carbons (Fsp3) is 0.511. The van der Waals surface area contributed by atoms with E-state index in [-0.39, 0.29) is 38.4 Å². The molecule has 0 aromatic carbocycles. The number of rotatable bonds is 33. The van der Waals surface area contributed by atoms with Crippen LogP contribution >= 0.6 is 0 Å². The van der Waals surface area contributed by atoms with E-state index in [1.165, 1.54) is 38.5 Å². The lowest BCUT2D eigenvalue weighted by atomic mass is 10.1. The smallest absolute Gasteiger partial charge is 0.309 e. The molecule has 0 heterocycles. The summed E-state index contributed by atoms with van der Waals surface area (Å²) >= 11 is 0. The Morgan fingerprint density at radius 3 is 1.60 bits per heavy atom. The quantitative estimate of drug-likeness (QED) is 0.0220. The molecule has 53 heavy (non-hydrogen) atoms. The van der Waals surface area contributed by atoms with Crippen molar-refractivity contribution in [3.63, 3.8) is 0 Å². The minimum atomic E-state index is -0.872. The van der Waals surface area contributed by atoms with Crippen molar-refractivity contribution in [3.8, 4) is 0 Å². The summed E-state index contributed by atoms with van der Waals surface area (Å²) in [4.78, 5) is 37.4. The number of allylic oxidation sites excluding steroid dienone is 19. The summed E-state index contributed by atoms with van der Waals surface area (Å²) in [5, 5.41) is 0. The highest BCUT2D eigenvalue weighted by Gasteiger charge is 2.19. The van der Waals surface area contributed by atoms with Gasteiger partial charge in [-0.3, -0.25) is 14.4 Å². The second-order valence-electron chi connectivity index (χ2n) is 12.6. The number of unbranched alkanes of at least 4 members (excludes halogenated alkanes) is 7. The third kappa shape index (κ3) is 38.9. The largest absolute Gasteiger partial charge is 0.462 e. The maximum absolute atomic E-state index is 12.6. The van der Waals surface area contributed by atoms with Gasteiger partial charge >= 0.3 is 17.9 Å². The van der Waals surface area contributed by atoms with Crippen LogP contribution in [-0.4, -0.2) is 37.2 Å². The summed E-state index contributed by atoms with van der Waals surface area (Å²) in [5.41, 5.74) is 0. The first-order valence-electron chi connectivity index (χ1n) is 20.1. The lowest BCUT2D eigenvalue weighted by molar-refractivity contribution is -0.166. The van der Waals surface area contributed by atoms with E-state index in [9.17, 15) is 14.4 Å². The van der Waals surface area contributed by atoms with E-state index in [4.69, 9.17) is 14.2 Å². The molecule has 6 heteroatoms. The van der Waals surface area contributed by atoms with Crippen molar-refractivity contribution < 1.29 is 28.6 Å². The molecular weight excluding hydrogens is 661 g/mol. The van der Waals surface area contributed by atoms with Crippen LogP contribution in [0.2, 0.25) is 0 Å². The summed E-state index contributed by atoms with van der Waals surface area (Å²) in [6.45, 7) is 6.09. The Bertz CT molecular complexity index is 1210. The van der Waals surface area contributed by atoms with Crippen LogP contribution < -0.4 is 0 Å². The highest BCUT2D eigenvalue weighted by molar-refractivity contribution is 5.72. The molecule has 0 rings (SSSR count). The van der Waals surface area contributed by atoms with Gasteiger partial charge in [-0.15, -0.1) is 0 Å². The zero-order chi connectivity index (χ0) is 38.7. The van der Waals surface area contributed by atoms with Gasteiger partial charge in [0.15, 0.2) is 6.10 Å². The zero-order valence-electron chi connectivity index (χ0n) is 33.2. The molecular formula is C47H70O6. The van der Waals surface area contributed by atoms with Crippen LogP contribution in [0.1, 0.15) is 136 Å². The number of hydrogen-bond acceptors (Lipinski definition) is 6. The van der Waals surface area contributed by atoms with Crippen molar-refractivity contribution in [2.24, 2.45) is 0 Å². The van der Waals surface area contributed by atoms with E-state index < -0.39 is 18.0 Å². The van der Waals surface area contributed by atoms with Gasteiger partial charge in [0.05, 0.1) is 6.42 Å². The lowest BCUT2D eigenvalue weighted by Crippen LogP contribution is -2.30. The molecule has 6 nitrogen and oxygen atoms in total. The third-order valence-corrected chi connectivity index (χ3v) is 7.61. The third-order valence-electron chi connectivity index (χ3n) is 7.61. The van der Waals surface area contributed by atoms with Gasteiger partial charge in [0.25, 0.3) is 0 Å². The van der Waals surface area contributed by atoms with Crippen molar-refractivity contribution in [1.82, 2.24) is 0 Å². The molecule has 294 valence electrons. The van der Waals surface area contributed by atoms with Crippen LogP contribution in [0.15, 0.2) is 122 Å². The topological polar surface area (TPSA) is 78.9 Å². The Morgan fingerprint density at radius 1 is 0.434 bits per heavy atom. The van der Waals surface area contributed by atoms with Gasteiger partial charge in [-0.25, -0.2) is 0 Å². The summed E-state index contributed by atoms with van der Waals surface area (Å²) in [6.07, 6.45) is 55.2. The minimum absolute atomic E-state index is 0.106. The fourth-order valence-electron chi connectivity index (χ4n) is 4.64. The molecule has 0 amide bonds. The second kappa shape index (κ2) is 40.6. The van der Waals surface area contributed by atoms with Gasteiger partial charge < -0.3 is 14.2 Å². The average Bonchev–Trinajstić information content (AvgIpc) is 3.15. The van der Waals surface area contributed by atoms with Gasteiger partial charge in [0.2, 0.25) is 0 Å². The van der Waals surface area contributed by atoms with Gasteiger partial charge in [-0.1, -0.05) is 174 Å². The first-order valence-corrected chi connectivity index (χ1v) is 20.1. The monoisotopic (exact) mass is 731 g/mol. The minimum Gasteiger partial charge on any atom is -0.462 e. The zero-order valence-corrected chi connectivity index (χ0v) is 33.2. The van der Waals surface area contributed by atoms with Crippen LogP contribution in [0.25, 0.3) is 0 Å².